The summed E-state index contributed by atoms with van der Waals surface area (Å²) in [5, 5.41) is 0. The molecule has 1 saturated heterocycles. The van der Waals surface area contributed by atoms with Gasteiger partial charge < -0.3 is 9.64 Å². The standard InChI is InChI=1S/C22H26N2O2/c1-16-17(2)26-21-19(16)9-6-10-20(21)22(25)24-13-11-23(12-14-24)15-18-7-4-3-5-8-18/h3-10,16-17H,11-15H2,1-2H3/t16-,17-/m0/s1. The Balaban J connectivity index is 1.42. The van der Waals surface area contributed by atoms with Crippen molar-refractivity contribution >= 4 is 5.91 Å². The molecule has 136 valence electrons. The number of hydrogen-bond donors (Lipinski definition) is 0. The maximum absolute atomic E-state index is 13.1. The average molecular weight is 350 g/mol. The third-order valence-electron chi connectivity index (χ3n) is 5.68. The van der Waals surface area contributed by atoms with E-state index in [1.54, 1.807) is 0 Å². The van der Waals surface area contributed by atoms with E-state index in [0.717, 1.165) is 49.6 Å². The highest BCUT2D eigenvalue weighted by molar-refractivity contribution is 5.97. The molecule has 4 rings (SSSR count). The second-order valence-corrected chi connectivity index (χ2v) is 7.39. The summed E-state index contributed by atoms with van der Waals surface area (Å²) in [6.07, 6.45) is 0.127. The number of hydrogen-bond acceptors (Lipinski definition) is 3. The molecule has 0 radical (unpaired) electrons. The molecule has 2 heterocycles. The van der Waals surface area contributed by atoms with Crippen molar-refractivity contribution in [2.45, 2.75) is 32.4 Å². The van der Waals surface area contributed by atoms with Crippen molar-refractivity contribution in [3.8, 4) is 5.75 Å². The molecule has 4 heteroatoms. The minimum atomic E-state index is 0.0995. The molecule has 2 atom stereocenters. The van der Waals surface area contributed by atoms with Crippen LogP contribution in [0.2, 0.25) is 0 Å². The van der Waals surface area contributed by atoms with Gasteiger partial charge in [-0.05, 0) is 18.6 Å². The Morgan fingerprint density at radius 1 is 1.00 bits per heavy atom. The first-order chi connectivity index (χ1) is 12.6. The SMILES string of the molecule is C[C@@H]1Oc2c(C(=O)N3CCN(Cc4ccccc4)CC3)cccc2[C@H]1C. The molecule has 0 aliphatic carbocycles. The number of piperazine rings is 1. The Kier molecular flexibility index (Phi) is 4.68. The number of ether oxygens (including phenoxy) is 1. The number of fused-ring (bicyclic) bond motifs is 1. The lowest BCUT2D eigenvalue weighted by Gasteiger charge is -2.35. The van der Waals surface area contributed by atoms with Crippen LogP contribution in [0.15, 0.2) is 48.5 Å². The lowest BCUT2D eigenvalue weighted by Crippen LogP contribution is -2.48. The zero-order chi connectivity index (χ0) is 18.1. The number of rotatable bonds is 3. The van der Waals surface area contributed by atoms with Crippen molar-refractivity contribution in [3.63, 3.8) is 0 Å². The van der Waals surface area contributed by atoms with Crippen LogP contribution in [0.4, 0.5) is 0 Å². The molecular weight excluding hydrogens is 324 g/mol. The van der Waals surface area contributed by atoms with E-state index in [1.807, 2.05) is 23.1 Å². The normalized spacial score (nSPS) is 22.8. The van der Waals surface area contributed by atoms with Crippen molar-refractivity contribution in [1.29, 1.82) is 0 Å². The van der Waals surface area contributed by atoms with E-state index in [4.69, 9.17) is 4.74 Å². The van der Waals surface area contributed by atoms with Gasteiger partial charge in [0.15, 0.2) is 0 Å². The zero-order valence-electron chi connectivity index (χ0n) is 15.5. The third kappa shape index (κ3) is 3.21. The minimum absolute atomic E-state index is 0.0995. The molecule has 0 unspecified atom stereocenters. The summed E-state index contributed by atoms with van der Waals surface area (Å²) in [4.78, 5) is 17.4. The van der Waals surface area contributed by atoms with E-state index >= 15 is 0 Å². The number of nitrogens with zero attached hydrogens (tertiary/aromatic N) is 2. The van der Waals surface area contributed by atoms with Crippen molar-refractivity contribution in [3.05, 3.63) is 65.2 Å². The van der Waals surface area contributed by atoms with Crippen LogP contribution in [-0.2, 0) is 6.54 Å². The van der Waals surface area contributed by atoms with Gasteiger partial charge in [0.05, 0.1) is 5.56 Å². The smallest absolute Gasteiger partial charge is 0.257 e. The van der Waals surface area contributed by atoms with Gasteiger partial charge in [0, 0.05) is 44.2 Å². The predicted molar refractivity (Wildman–Crippen MR) is 103 cm³/mol. The first kappa shape index (κ1) is 17.1. The van der Waals surface area contributed by atoms with E-state index in [9.17, 15) is 4.79 Å². The molecule has 2 aliphatic heterocycles. The van der Waals surface area contributed by atoms with Gasteiger partial charge in [-0.25, -0.2) is 0 Å². The van der Waals surface area contributed by atoms with Gasteiger partial charge in [0.25, 0.3) is 5.91 Å². The minimum Gasteiger partial charge on any atom is -0.489 e. The summed E-state index contributed by atoms with van der Waals surface area (Å²) in [6.45, 7) is 8.52. The van der Waals surface area contributed by atoms with Gasteiger partial charge in [0.1, 0.15) is 11.9 Å². The van der Waals surface area contributed by atoms with Gasteiger partial charge in [-0.15, -0.1) is 0 Å². The average Bonchev–Trinajstić information content (AvgIpc) is 2.97. The van der Waals surface area contributed by atoms with Crippen LogP contribution in [-0.4, -0.2) is 48.0 Å². The molecule has 0 saturated carbocycles. The molecule has 0 spiro atoms. The fourth-order valence-corrected chi connectivity index (χ4v) is 3.88. The Labute approximate surface area is 155 Å². The highest BCUT2D eigenvalue weighted by atomic mass is 16.5. The fraction of sp³-hybridized carbons (Fsp3) is 0.409. The Morgan fingerprint density at radius 3 is 2.46 bits per heavy atom. The number of para-hydroxylation sites is 1. The van der Waals surface area contributed by atoms with Crippen LogP contribution in [0.5, 0.6) is 5.75 Å². The molecule has 0 N–H and O–H groups in total. The van der Waals surface area contributed by atoms with Gasteiger partial charge in [-0.3, -0.25) is 9.69 Å². The van der Waals surface area contributed by atoms with Gasteiger partial charge in [-0.2, -0.15) is 0 Å². The Hall–Kier alpha value is -2.33. The highest BCUT2D eigenvalue weighted by Gasteiger charge is 2.33. The molecule has 4 nitrogen and oxygen atoms in total. The van der Waals surface area contributed by atoms with Gasteiger partial charge >= 0.3 is 0 Å². The van der Waals surface area contributed by atoms with E-state index in [1.165, 1.54) is 5.56 Å². The second-order valence-electron chi connectivity index (χ2n) is 7.39. The molecule has 0 aromatic heterocycles. The third-order valence-corrected chi connectivity index (χ3v) is 5.68. The largest absolute Gasteiger partial charge is 0.489 e. The fourth-order valence-electron chi connectivity index (χ4n) is 3.88. The monoisotopic (exact) mass is 350 g/mol. The van der Waals surface area contributed by atoms with Crippen LogP contribution in [0, 0.1) is 0 Å². The summed E-state index contributed by atoms with van der Waals surface area (Å²) < 4.78 is 6.00. The molecule has 2 aliphatic rings. The molecule has 1 amide bonds. The Morgan fingerprint density at radius 2 is 1.73 bits per heavy atom. The number of carbonyl (C=O) groups is 1. The molecule has 1 fully saturated rings. The number of carbonyl (C=O) groups excluding carboxylic acids is 1. The summed E-state index contributed by atoms with van der Waals surface area (Å²) in [5.74, 6) is 1.23. The zero-order valence-corrected chi connectivity index (χ0v) is 15.5. The van der Waals surface area contributed by atoms with E-state index in [2.05, 4.69) is 49.1 Å². The lowest BCUT2D eigenvalue weighted by molar-refractivity contribution is 0.0623. The number of amides is 1. The molecule has 2 aromatic rings. The highest BCUT2D eigenvalue weighted by Crippen LogP contribution is 2.40. The van der Waals surface area contributed by atoms with Crippen LogP contribution in [0.1, 0.15) is 41.3 Å². The summed E-state index contributed by atoms with van der Waals surface area (Å²) in [7, 11) is 0. The maximum atomic E-state index is 13.1. The molecule has 26 heavy (non-hydrogen) atoms. The molecular formula is C22H26N2O2. The Bertz CT molecular complexity index is 782. The van der Waals surface area contributed by atoms with Crippen molar-refractivity contribution in [2.75, 3.05) is 26.2 Å². The van der Waals surface area contributed by atoms with Crippen molar-refractivity contribution in [1.82, 2.24) is 9.80 Å². The second kappa shape index (κ2) is 7.12. The summed E-state index contributed by atoms with van der Waals surface area (Å²) in [5.41, 5.74) is 3.20. The predicted octanol–water partition coefficient (Wildman–Crippen LogP) is 3.53. The van der Waals surface area contributed by atoms with E-state index in [-0.39, 0.29) is 12.0 Å². The van der Waals surface area contributed by atoms with Crippen molar-refractivity contribution in [2.24, 2.45) is 0 Å². The summed E-state index contributed by atoms with van der Waals surface area (Å²) in [6, 6.07) is 16.5. The van der Waals surface area contributed by atoms with Crippen LogP contribution < -0.4 is 4.74 Å². The molecule has 0 bridgehead atoms. The first-order valence-corrected chi connectivity index (χ1v) is 9.48. The van der Waals surface area contributed by atoms with Crippen LogP contribution in [0.3, 0.4) is 0 Å². The van der Waals surface area contributed by atoms with E-state index in [0.29, 0.717) is 5.92 Å². The summed E-state index contributed by atoms with van der Waals surface area (Å²) >= 11 is 0. The van der Waals surface area contributed by atoms with Crippen LogP contribution >= 0.6 is 0 Å². The van der Waals surface area contributed by atoms with Gasteiger partial charge in [0.2, 0.25) is 0 Å². The van der Waals surface area contributed by atoms with E-state index < -0.39 is 0 Å². The van der Waals surface area contributed by atoms with Crippen LogP contribution in [0.25, 0.3) is 0 Å². The maximum Gasteiger partial charge on any atom is 0.257 e. The quantitative estimate of drug-likeness (QED) is 0.849. The van der Waals surface area contributed by atoms with Gasteiger partial charge in [-0.1, -0.05) is 49.4 Å². The first-order valence-electron chi connectivity index (χ1n) is 9.48. The van der Waals surface area contributed by atoms with Crippen molar-refractivity contribution < 1.29 is 9.53 Å². The lowest BCUT2D eigenvalue weighted by atomic mass is 9.96. The topological polar surface area (TPSA) is 32.8 Å². The molecule has 2 aromatic carbocycles. The number of benzene rings is 2.